The Morgan fingerprint density at radius 1 is 0.544 bits per heavy atom. The first-order valence-electron chi connectivity index (χ1n) is 21.7. The number of thiocarbonyl (C=S) groups is 1. The van der Waals surface area contributed by atoms with Crippen LogP contribution < -0.4 is 21.2 Å². The van der Waals surface area contributed by atoms with Crippen molar-refractivity contribution in [3.8, 4) is 0 Å². The molecule has 0 unspecified atom stereocenters. The predicted molar refractivity (Wildman–Crippen MR) is 260 cm³/mol. The van der Waals surface area contributed by atoms with Gasteiger partial charge < -0.3 is 15.1 Å². The van der Waals surface area contributed by atoms with Gasteiger partial charge in [-0.05, 0) is 143 Å². The van der Waals surface area contributed by atoms with Crippen molar-refractivity contribution >= 4 is 44.2 Å². The number of hydrogen-bond donors (Lipinski definition) is 2. The van der Waals surface area contributed by atoms with Gasteiger partial charge in [0.25, 0.3) is 0 Å². The van der Waals surface area contributed by atoms with Crippen LogP contribution >= 0.6 is 20.1 Å². The van der Waals surface area contributed by atoms with E-state index in [1.54, 1.807) is 0 Å². The van der Waals surface area contributed by atoms with Gasteiger partial charge in [0.1, 0.15) is 0 Å². The summed E-state index contributed by atoms with van der Waals surface area (Å²) in [5.41, 5.74) is 11.2. The van der Waals surface area contributed by atoms with Gasteiger partial charge in [-0.3, -0.25) is 0 Å². The van der Waals surface area contributed by atoms with Crippen molar-refractivity contribution in [1.29, 1.82) is 0 Å². The molecular formula is C51H75N2OPSSi. The van der Waals surface area contributed by atoms with E-state index in [2.05, 4.69) is 205 Å². The molecule has 0 radical (unpaired) electrons. The predicted octanol–water partition coefficient (Wildman–Crippen LogP) is 13.7. The van der Waals surface area contributed by atoms with Crippen molar-refractivity contribution in [2.45, 2.75) is 163 Å². The molecule has 2 atom stereocenters. The van der Waals surface area contributed by atoms with Gasteiger partial charge in [0.15, 0.2) is 13.4 Å². The van der Waals surface area contributed by atoms with Crippen LogP contribution in [0.3, 0.4) is 0 Å². The van der Waals surface area contributed by atoms with Gasteiger partial charge in [0, 0.05) is 0 Å². The van der Waals surface area contributed by atoms with E-state index in [0.717, 1.165) is 6.16 Å². The topological polar surface area (TPSA) is 33.3 Å². The second-order valence-electron chi connectivity index (χ2n) is 19.0. The minimum atomic E-state index is -1.89. The van der Waals surface area contributed by atoms with Crippen molar-refractivity contribution in [3.05, 3.63) is 129 Å². The fraction of sp³-hybridized carbons (Fsp3) is 0.510. The molecule has 4 aromatic carbocycles. The third kappa shape index (κ3) is 12.4. The van der Waals surface area contributed by atoms with E-state index in [-0.39, 0.29) is 18.2 Å². The second-order valence-corrected chi connectivity index (χ2v) is 26.2. The molecule has 57 heavy (non-hydrogen) atoms. The monoisotopic (exact) mass is 823 g/mol. The Balaban J connectivity index is 1.97. The van der Waals surface area contributed by atoms with E-state index < -0.39 is 16.2 Å². The average molecular weight is 823 g/mol. The zero-order valence-electron chi connectivity index (χ0n) is 38.2. The van der Waals surface area contributed by atoms with Gasteiger partial charge in [0.2, 0.25) is 0 Å². The van der Waals surface area contributed by atoms with Gasteiger partial charge in [-0.1, -0.05) is 168 Å². The lowest BCUT2D eigenvalue weighted by Gasteiger charge is -2.37. The summed E-state index contributed by atoms with van der Waals surface area (Å²) < 4.78 is 6.92. The molecule has 6 heteroatoms. The maximum absolute atomic E-state index is 6.92. The Morgan fingerprint density at radius 2 is 0.895 bits per heavy atom. The Labute approximate surface area is 356 Å². The molecule has 0 aliphatic carbocycles. The molecule has 310 valence electrons. The largest absolute Gasteiger partial charge is 0.413 e. The van der Waals surface area contributed by atoms with Gasteiger partial charge in [-0.15, -0.1) is 0 Å². The van der Waals surface area contributed by atoms with Crippen LogP contribution in [0.15, 0.2) is 84.9 Å². The van der Waals surface area contributed by atoms with Crippen LogP contribution in [0.4, 0.5) is 0 Å². The highest BCUT2D eigenvalue weighted by molar-refractivity contribution is 7.80. The van der Waals surface area contributed by atoms with Crippen molar-refractivity contribution in [2.75, 3.05) is 6.16 Å². The fourth-order valence-electron chi connectivity index (χ4n) is 8.04. The number of hydrogen-bond acceptors (Lipinski definition) is 2. The molecule has 2 N–H and O–H groups in total. The van der Waals surface area contributed by atoms with Gasteiger partial charge in [-0.2, -0.15) is 0 Å². The summed E-state index contributed by atoms with van der Waals surface area (Å²) in [5, 5.41) is 11.5. The van der Waals surface area contributed by atoms with Crippen molar-refractivity contribution < 1.29 is 4.43 Å². The highest BCUT2D eigenvalue weighted by Gasteiger charge is 2.33. The fourth-order valence-corrected chi connectivity index (χ4v) is 12.2. The first-order valence-corrected chi connectivity index (χ1v) is 27.0. The van der Waals surface area contributed by atoms with Crippen molar-refractivity contribution in [3.63, 3.8) is 0 Å². The van der Waals surface area contributed by atoms with Gasteiger partial charge >= 0.3 is 0 Å². The summed E-state index contributed by atoms with van der Waals surface area (Å²) in [6.45, 7) is 37.2. The Morgan fingerprint density at radius 3 is 1.19 bits per heavy atom. The van der Waals surface area contributed by atoms with Crippen LogP contribution in [0.5, 0.6) is 0 Å². The quantitative estimate of drug-likeness (QED) is 0.0631. The molecular weight excluding hydrogens is 748 g/mol. The maximum atomic E-state index is 6.92. The Bertz CT molecular complexity index is 1720. The molecule has 0 fully saturated rings. The smallest absolute Gasteiger partial charge is 0.184 e. The molecule has 4 rings (SSSR count). The lowest BCUT2D eigenvalue weighted by molar-refractivity contribution is 0.182. The maximum Gasteiger partial charge on any atom is 0.184 e. The zero-order chi connectivity index (χ0) is 42.4. The first kappa shape index (κ1) is 46.9. The van der Waals surface area contributed by atoms with Gasteiger partial charge in [-0.25, -0.2) is 0 Å². The molecule has 0 heterocycles. The zero-order valence-corrected chi connectivity index (χ0v) is 41.0. The minimum absolute atomic E-state index is 0.0150. The summed E-state index contributed by atoms with van der Waals surface area (Å²) in [4.78, 5) is 0. The standard InChI is InChI=1S/C51H75N2OPSSi/c1-32(2)39-27-43(34(5)6)48(44(28-39)35(7)8)50(49-45(36(9)10)29-40(33(3)4)30-46(49)37(11)12)53-51(56)52-47(38(13)54-57(14,15)16)31-55(41-23-19-17-20-24-41)42-25-21-18-22-26-42/h17-30,32-38,47,50H,31H2,1-16H3,(H2,52,53,56)/t38-,47-/m1/s1. The van der Waals surface area contributed by atoms with E-state index in [0.29, 0.717) is 40.6 Å². The Hall–Kier alpha value is -2.82. The van der Waals surface area contributed by atoms with Crippen LogP contribution in [0.1, 0.15) is 176 Å². The SMILES string of the molecule is CC(C)c1cc(C(C)C)c(C(NC(=S)N[C@H](CP(c2ccccc2)c2ccccc2)[C@@H](C)O[Si](C)(C)C)c2c(C(C)C)cc(C(C)C)cc2C(C)C)c(C(C)C)c1. The second kappa shape index (κ2) is 20.4. The van der Waals surface area contributed by atoms with Gasteiger partial charge in [0.05, 0.1) is 18.2 Å². The molecule has 0 bridgehead atoms. The highest BCUT2D eigenvalue weighted by Crippen LogP contribution is 2.44. The lowest BCUT2D eigenvalue weighted by atomic mass is 9.75. The van der Waals surface area contributed by atoms with E-state index in [1.807, 2.05) is 0 Å². The number of nitrogens with one attached hydrogen (secondary N) is 2. The molecule has 0 aromatic heterocycles. The molecule has 0 aliphatic heterocycles. The van der Waals surface area contributed by atoms with E-state index in [9.17, 15) is 0 Å². The number of benzene rings is 4. The minimum Gasteiger partial charge on any atom is -0.413 e. The van der Waals surface area contributed by atoms with Crippen LogP contribution in [0.25, 0.3) is 0 Å². The summed E-state index contributed by atoms with van der Waals surface area (Å²) in [6.07, 6.45) is 0.856. The first-order chi connectivity index (χ1) is 26.7. The molecule has 0 spiro atoms. The van der Waals surface area contributed by atoms with Crippen LogP contribution in [-0.2, 0) is 4.43 Å². The normalized spacial score (nSPS) is 13.5. The third-order valence-electron chi connectivity index (χ3n) is 11.1. The van der Waals surface area contributed by atoms with E-state index >= 15 is 0 Å². The summed E-state index contributed by atoms with van der Waals surface area (Å²) >= 11 is 6.56. The van der Waals surface area contributed by atoms with Crippen LogP contribution in [0.2, 0.25) is 19.6 Å². The highest BCUT2D eigenvalue weighted by atomic mass is 32.1. The van der Waals surface area contributed by atoms with Crippen molar-refractivity contribution in [2.24, 2.45) is 0 Å². The molecule has 0 aliphatic rings. The average Bonchev–Trinajstić information content (AvgIpc) is 3.14. The van der Waals surface area contributed by atoms with E-state index in [1.165, 1.54) is 55.1 Å². The lowest BCUT2D eigenvalue weighted by Crippen LogP contribution is -2.52. The number of rotatable bonds is 17. The van der Waals surface area contributed by atoms with Crippen LogP contribution in [0, 0.1) is 0 Å². The molecule has 0 amide bonds. The van der Waals surface area contributed by atoms with Crippen molar-refractivity contribution in [1.82, 2.24) is 10.6 Å². The summed E-state index contributed by atoms with van der Waals surface area (Å²) in [5.74, 6) is 2.20. The van der Waals surface area contributed by atoms with E-state index in [4.69, 9.17) is 16.6 Å². The molecule has 0 saturated heterocycles. The molecule has 3 nitrogen and oxygen atoms in total. The Kier molecular flexibility index (Phi) is 16.8. The summed E-state index contributed by atoms with van der Waals surface area (Å²) in [7, 11) is -2.58. The summed E-state index contributed by atoms with van der Waals surface area (Å²) in [6, 6.07) is 31.9. The molecule has 4 aromatic rings. The van der Waals surface area contributed by atoms with Crippen LogP contribution in [-0.4, -0.2) is 31.7 Å². The molecule has 0 saturated carbocycles. The third-order valence-corrected chi connectivity index (χ3v) is 15.1.